The van der Waals surface area contributed by atoms with Crippen molar-refractivity contribution in [1.29, 1.82) is 0 Å². The molecule has 0 radical (unpaired) electrons. The van der Waals surface area contributed by atoms with Gasteiger partial charge < -0.3 is 11.1 Å². The molecule has 0 saturated heterocycles. The van der Waals surface area contributed by atoms with Crippen molar-refractivity contribution in [1.82, 2.24) is 5.32 Å². The maximum Gasteiger partial charge on any atom is 0.219 e. The SMILES string of the molecule is CNC(=O)CCCS(=O)(=O)CCCN. The van der Waals surface area contributed by atoms with Crippen molar-refractivity contribution in [3.63, 3.8) is 0 Å². The van der Waals surface area contributed by atoms with Crippen molar-refractivity contribution >= 4 is 15.7 Å². The fourth-order valence-corrected chi connectivity index (χ4v) is 2.38. The number of nitrogens with one attached hydrogen (secondary N) is 1. The molecule has 0 unspecified atom stereocenters. The van der Waals surface area contributed by atoms with Gasteiger partial charge in [0, 0.05) is 13.5 Å². The van der Waals surface area contributed by atoms with Gasteiger partial charge in [0.1, 0.15) is 9.84 Å². The van der Waals surface area contributed by atoms with Gasteiger partial charge in [-0.05, 0) is 19.4 Å². The second kappa shape index (κ2) is 6.78. The molecule has 0 aromatic heterocycles. The second-order valence-corrected chi connectivity index (χ2v) is 5.37. The zero-order valence-corrected chi connectivity index (χ0v) is 9.27. The van der Waals surface area contributed by atoms with Crippen LogP contribution in [0.3, 0.4) is 0 Å². The van der Waals surface area contributed by atoms with E-state index in [1.165, 1.54) is 7.05 Å². The van der Waals surface area contributed by atoms with E-state index < -0.39 is 9.84 Å². The molecule has 0 saturated carbocycles. The van der Waals surface area contributed by atoms with Crippen LogP contribution < -0.4 is 11.1 Å². The van der Waals surface area contributed by atoms with Crippen molar-refractivity contribution in [3.05, 3.63) is 0 Å². The molecule has 6 heteroatoms. The van der Waals surface area contributed by atoms with Crippen LogP contribution in [0.5, 0.6) is 0 Å². The fraction of sp³-hybridized carbons (Fsp3) is 0.875. The van der Waals surface area contributed by atoms with Gasteiger partial charge in [-0.3, -0.25) is 4.79 Å². The first-order valence-corrected chi connectivity index (χ1v) is 6.45. The van der Waals surface area contributed by atoms with Gasteiger partial charge in [-0.15, -0.1) is 0 Å². The van der Waals surface area contributed by atoms with E-state index in [0.29, 0.717) is 19.4 Å². The smallest absolute Gasteiger partial charge is 0.219 e. The number of sulfone groups is 1. The minimum absolute atomic E-state index is 0.0699. The van der Waals surface area contributed by atoms with Crippen LogP contribution in [0.1, 0.15) is 19.3 Å². The predicted octanol–water partition coefficient (Wildman–Crippen LogP) is -0.724. The zero-order chi connectivity index (χ0) is 11.0. The highest BCUT2D eigenvalue weighted by Gasteiger charge is 2.10. The molecular weight excluding hydrogens is 204 g/mol. The number of rotatable bonds is 7. The maximum atomic E-state index is 11.3. The number of nitrogens with two attached hydrogens (primary N) is 1. The molecule has 1 amide bonds. The Labute approximate surface area is 85.0 Å². The lowest BCUT2D eigenvalue weighted by Gasteiger charge is -2.02. The fourth-order valence-electron chi connectivity index (χ4n) is 0.983. The summed E-state index contributed by atoms with van der Waals surface area (Å²) in [6.07, 6.45) is 1.13. The lowest BCUT2D eigenvalue weighted by atomic mass is 10.3. The standard InChI is InChI=1S/C8H18N2O3S/c1-10-8(11)4-2-6-14(12,13)7-3-5-9/h2-7,9H2,1H3,(H,10,11). The summed E-state index contributed by atoms with van der Waals surface area (Å²) in [5, 5.41) is 2.44. The van der Waals surface area contributed by atoms with E-state index in [-0.39, 0.29) is 23.8 Å². The van der Waals surface area contributed by atoms with Crippen LogP contribution in [0.4, 0.5) is 0 Å². The molecule has 5 nitrogen and oxygen atoms in total. The molecule has 0 atom stereocenters. The molecule has 0 bridgehead atoms. The molecule has 0 fully saturated rings. The summed E-state index contributed by atoms with van der Waals surface area (Å²) in [6, 6.07) is 0. The minimum Gasteiger partial charge on any atom is -0.359 e. The highest BCUT2D eigenvalue weighted by Crippen LogP contribution is 1.99. The summed E-state index contributed by atoms with van der Waals surface area (Å²) in [4.78, 5) is 10.8. The topological polar surface area (TPSA) is 89.3 Å². The Morgan fingerprint density at radius 1 is 1.29 bits per heavy atom. The first-order chi connectivity index (χ1) is 6.52. The summed E-state index contributed by atoms with van der Waals surface area (Å²) in [7, 11) is -1.47. The summed E-state index contributed by atoms with van der Waals surface area (Å²) < 4.78 is 22.5. The lowest BCUT2D eigenvalue weighted by molar-refractivity contribution is -0.120. The van der Waals surface area contributed by atoms with Crippen LogP contribution in [0, 0.1) is 0 Å². The van der Waals surface area contributed by atoms with Crippen molar-refractivity contribution in [2.24, 2.45) is 5.73 Å². The maximum absolute atomic E-state index is 11.3. The molecule has 0 aliphatic heterocycles. The number of carbonyl (C=O) groups excluding carboxylic acids is 1. The average molecular weight is 222 g/mol. The molecule has 0 aromatic rings. The van der Waals surface area contributed by atoms with Crippen molar-refractivity contribution in [2.45, 2.75) is 19.3 Å². The van der Waals surface area contributed by atoms with Crippen LogP contribution in [0.2, 0.25) is 0 Å². The summed E-state index contributed by atoms with van der Waals surface area (Å²) in [5.41, 5.74) is 5.21. The Morgan fingerprint density at radius 2 is 1.86 bits per heavy atom. The van der Waals surface area contributed by atoms with Crippen LogP contribution in [0.15, 0.2) is 0 Å². The molecule has 0 aliphatic rings. The largest absolute Gasteiger partial charge is 0.359 e. The Bertz CT molecular complexity index is 262. The molecule has 14 heavy (non-hydrogen) atoms. The monoisotopic (exact) mass is 222 g/mol. The van der Waals surface area contributed by atoms with Gasteiger partial charge in [0.05, 0.1) is 11.5 Å². The molecular formula is C8H18N2O3S. The van der Waals surface area contributed by atoms with Crippen LogP contribution in [-0.2, 0) is 14.6 Å². The van der Waals surface area contributed by atoms with E-state index >= 15 is 0 Å². The van der Waals surface area contributed by atoms with Crippen LogP contribution in [0.25, 0.3) is 0 Å². The number of hydrogen-bond acceptors (Lipinski definition) is 4. The van der Waals surface area contributed by atoms with E-state index in [1.54, 1.807) is 0 Å². The Balaban J connectivity index is 3.71. The van der Waals surface area contributed by atoms with E-state index in [2.05, 4.69) is 5.32 Å². The molecule has 84 valence electrons. The van der Waals surface area contributed by atoms with Gasteiger partial charge in [0.2, 0.25) is 5.91 Å². The summed E-state index contributed by atoms with van der Waals surface area (Å²) >= 11 is 0. The number of amides is 1. The molecule has 0 aromatic carbocycles. The van der Waals surface area contributed by atoms with Gasteiger partial charge in [0.25, 0.3) is 0 Å². The first kappa shape index (κ1) is 13.4. The van der Waals surface area contributed by atoms with E-state index in [4.69, 9.17) is 5.73 Å². The highest BCUT2D eigenvalue weighted by atomic mass is 32.2. The van der Waals surface area contributed by atoms with Gasteiger partial charge in [-0.25, -0.2) is 8.42 Å². The number of carbonyl (C=O) groups is 1. The molecule has 0 spiro atoms. The molecule has 3 N–H and O–H groups in total. The lowest BCUT2D eigenvalue weighted by Crippen LogP contribution is -2.20. The summed E-state index contributed by atoms with van der Waals surface area (Å²) in [5.74, 6) is 0.0662. The van der Waals surface area contributed by atoms with E-state index in [1.807, 2.05) is 0 Å². The van der Waals surface area contributed by atoms with E-state index in [0.717, 1.165) is 0 Å². The first-order valence-electron chi connectivity index (χ1n) is 4.63. The molecule has 0 heterocycles. The normalized spacial score (nSPS) is 11.3. The third-order valence-corrected chi connectivity index (χ3v) is 3.62. The van der Waals surface area contributed by atoms with Crippen LogP contribution in [-0.4, -0.2) is 39.4 Å². The van der Waals surface area contributed by atoms with Crippen molar-refractivity contribution < 1.29 is 13.2 Å². The Kier molecular flexibility index (Phi) is 6.48. The van der Waals surface area contributed by atoms with Gasteiger partial charge in [-0.1, -0.05) is 0 Å². The van der Waals surface area contributed by atoms with Crippen molar-refractivity contribution in [2.75, 3.05) is 25.1 Å². The Morgan fingerprint density at radius 3 is 2.36 bits per heavy atom. The number of hydrogen-bond donors (Lipinski definition) is 2. The quantitative estimate of drug-likeness (QED) is 0.594. The zero-order valence-electron chi connectivity index (χ0n) is 8.45. The molecule has 0 aliphatic carbocycles. The second-order valence-electron chi connectivity index (χ2n) is 3.07. The van der Waals surface area contributed by atoms with Crippen LogP contribution >= 0.6 is 0 Å². The predicted molar refractivity (Wildman–Crippen MR) is 55.6 cm³/mol. The third-order valence-electron chi connectivity index (χ3n) is 1.80. The van der Waals surface area contributed by atoms with Gasteiger partial charge >= 0.3 is 0 Å². The highest BCUT2D eigenvalue weighted by molar-refractivity contribution is 7.91. The van der Waals surface area contributed by atoms with E-state index in [9.17, 15) is 13.2 Å². The van der Waals surface area contributed by atoms with Crippen molar-refractivity contribution in [3.8, 4) is 0 Å². The van der Waals surface area contributed by atoms with Gasteiger partial charge in [0.15, 0.2) is 0 Å². The minimum atomic E-state index is -3.01. The third kappa shape index (κ3) is 6.85. The average Bonchev–Trinajstić information content (AvgIpc) is 2.14. The Hall–Kier alpha value is -0.620. The molecule has 0 rings (SSSR count). The summed E-state index contributed by atoms with van der Waals surface area (Å²) in [6.45, 7) is 0.384. The van der Waals surface area contributed by atoms with Gasteiger partial charge in [-0.2, -0.15) is 0 Å².